The Balaban J connectivity index is 2.35. The average molecular weight is 346 g/mol. The second-order valence-corrected chi connectivity index (χ2v) is 6.40. The van der Waals surface area contributed by atoms with Crippen LogP contribution in [0.2, 0.25) is 10.0 Å². The van der Waals surface area contributed by atoms with Gasteiger partial charge in [-0.05, 0) is 23.8 Å². The Hall–Kier alpha value is -1.01. The molecule has 0 bridgehead atoms. The van der Waals surface area contributed by atoms with Crippen LogP contribution >= 0.6 is 47.2 Å². The molecule has 1 aliphatic rings. The Kier molecular flexibility index (Phi) is 4.75. The van der Waals surface area contributed by atoms with E-state index < -0.39 is 0 Å². The summed E-state index contributed by atoms with van der Waals surface area (Å²) in [7, 11) is 0. The first-order valence-electron chi connectivity index (χ1n) is 5.48. The highest BCUT2D eigenvalue weighted by molar-refractivity contribution is 8.26. The highest BCUT2D eigenvalue weighted by Crippen LogP contribution is 2.36. The van der Waals surface area contributed by atoms with Gasteiger partial charge in [-0.25, -0.2) is 0 Å². The summed E-state index contributed by atoms with van der Waals surface area (Å²) in [5.41, 5.74) is 0.622. The van der Waals surface area contributed by atoms with E-state index >= 15 is 0 Å². The Morgan fingerprint density at radius 3 is 2.55 bits per heavy atom. The van der Waals surface area contributed by atoms with Crippen LogP contribution in [0.1, 0.15) is 5.56 Å². The topological polar surface area (TPSA) is 40.5 Å². The molecule has 1 aromatic rings. The maximum absolute atomic E-state index is 12.1. The van der Waals surface area contributed by atoms with E-state index in [4.69, 9.17) is 35.4 Å². The SMILES string of the molecule is C=CCN1C(=O)C(=Cc2cc(Cl)c(O)c(Cl)c2)SC1=S. The fourth-order valence-electron chi connectivity index (χ4n) is 1.61. The van der Waals surface area contributed by atoms with Crippen molar-refractivity contribution < 1.29 is 9.90 Å². The number of benzene rings is 1. The molecular weight excluding hydrogens is 337 g/mol. The van der Waals surface area contributed by atoms with Gasteiger partial charge in [0.15, 0.2) is 5.75 Å². The summed E-state index contributed by atoms with van der Waals surface area (Å²) < 4.78 is 0.483. The molecule has 0 saturated carbocycles. The van der Waals surface area contributed by atoms with Crippen molar-refractivity contribution in [2.24, 2.45) is 0 Å². The van der Waals surface area contributed by atoms with Gasteiger partial charge in [0.25, 0.3) is 5.91 Å². The second kappa shape index (κ2) is 6.18. The van der Waals surface area contributed by atoms with E-state index in [0.29, 0.717) is 21.3 Å². The first-order chi connectivity index (χ1) is 9.43. The summed E-state index contributed by atoms with van der Waals surface area (Å²) in [6, 6.07) is 3.06. The van der Waals surface area contributed by atoms with Crippen LogP contribution < -0.4 is 0 Å². The van der Waals surface area contributed by atoms with Crippen LogP contribution in [-0.4, -0.2) is 26.8 Å². The Morgan fingerprint density at radius 2 is 2.00 bits per heavy atom. The number of thioether (sulfide) groups is 1. The number of halogens is 2. The van der Waals surface area contributed by atoms with Gasteiger partial charge in [0, 0.05) is 6.54 Å². The largest absolute Gasteiger partial charge is 0.505 e. The van der Waals surface area contributed by atoms with Gasteiger partial charge in [-0.3, -0.25) is 9.69 Å². The van der Waals surface area contributed by atoms with Gasteiger partial charge >= 0.3 is 0 Å². The van der Waals surface area contributed by atoms with Crippen molar-refractivity contribution in [3.8, 4) is 5.75 Å². The third-order valence-electron chi connectivity index (χ3n) is 2.52. The van der Waals surface area contributed by atoms with Crippen molar-refractivity contribution in [2.75, 3.05) is 6.54 Å². The number of rotatable bonds is 3. The molecule has 0 aliphatic carbocycles. The molecule has 1 fully saturated rings. The quantitative estimate of drug-likeness (QED) is 0.509. The van der Waals surface area contributed by atoms with Crippen molar-refractivity contribution in [1.29, 1.82) is 0 Å². The first-order valence-corrected chi connectivity index (χ1v) is 7.46. The molecule has 3 nitrogen and oxygen atoms in total. The number of phenols is 1. The van der Waals surface area contributed by atoms with Crippen molar-refractivity contribution in [3.63, 3.8) is 0 Å². The molecule has 1 aromatic carbocycles. The summed E-state index contributed by atoms with van der Waals surface area (Å²) in [6.45, 7) is 3.96. The van der Waals surface area contributed by atoms with Crippen LogP contribution in [0, 0.1) is 0 Å². The van der Waals surface area contributed by atoms with E-state index in [9.17, 15) is 9.90 Å². The molecule has 0 atom stereocenters. The zero-order valence-electron chi connectivity index (χ0n) is 10.1. The van der Waals surface area contributed by atoms with Crippen LogP contribution in [0.3, 0.4) is 0 Å². The Labute approximate surface area is 135 Å². The standard InChI is InChI=1S/C13H9Cl2NO2S2/c1-2-3-16-12(18)10(20-13(16)19)6-7-4-8(14)11(17)9(15)5-7/h2,4-6,17H,1,3H2. The third kappa shape index (κ3) is 3.01. The van der Waals surface area contributed by atoms with Crippen molar-refractivity contribution in [1.82, 2.24) is 4.90 Å². The lowest BCUT2D eigenvalue weighted by molar-refractivity contribution is -0.121. The minimum Gasteiger partial charge on any atom is -0.505 e. The highest BCUT2D eigenvalue weighted by atomic mass is 35.5. The average Bonchev–Trinajstić information content (AvgIpc) is 2.64. The number of carbonyl (C=O) groups is 1. The normalized spacial score (nSPS) is 17.1. The van der Waals surface area contributed by atoms with Gasteiger partial charge in [0.1, 0.15) is 4.32 Å². The molecule has 7 heteroatoms. The monoisotopic (exact) mass is 345 g/mol. The minimum atomic E-state index is -0.180. The summed E-state index contributed by atoms with van der Waals surface area (Å²) in [4.78, 5) is 14.1. The summed E-state index contributed by atoms with van der Waals surface area (Å²) in [5.74, 6) is -0.357. The number of nitrogens with zero attached hydrogens (tertiary/aromatic N) is 1. The third-order valence-corrected chi connectivity index (χ3v) is 4.48. The van der Waals surface area contributed by atoms with E-state index in [1.807, 2.05) is 0 Å². The fourth-order valence-corrected chi connectivity index (χ4v) is 3.39. The van der Waals surface area contributed by atoms with E-state index in [0.717, 1.165) is 0 Å². The van der Waals surface area contributed by atoms with Crippen LogP contribution in [0.15, 0.2) is 29.7 Å². The first kappa shape index (κ1) is 15.4. The van der Waals surface area contributed by atoms with E-state index in [1.54, 1.807) is 12.2 Å². The Bertz CT molecular complexity index is 620. The lowest BCUT2D eigenvalue weighted by Crippen LogP contribution is -2.27. The molecule has 1 aliphatic heterocycles. The van der Waals surface area contributed by atoms with Gasteiger partial charge in [0.05, 0.1) is 15.0 Å². The van der Waals surface area contributed by atoms with E-state index in [-0.39, 0.29) is 21.7 Å². The second-order valence-electron chi connectivity index (χ2n) is 3.91. The summed E-state index contributed by atoms with van der Waals surface area (Å²) in [6.07, 6.45) is 3.25. The molecule has 0 radical (unpaired) electrons. The number of hydrogen-bond donors (Lipinski definition) is 1. The predicted molar refractivity (Wildman–Crippen MR) is 88.2 cm³/mol. The maximum Gasteiger partial charge on any atom is 0.266 e. The van der Waals surface area contributed by atoms with Gasteiger partial charge < -0.3 is 5.11 Å². The lowest BCUT2D eigenvalue weighted by atomic mass is 10.2. The summed E-state index contributed by atoms with van der Waals surface area (Å²) in [5, 5.41) is 9.76. The number of amides is 1. The van der Waals surface area contributed by atoms with Crippen molar-refractivity contribution >= 4 is 63.5 Å². The van der Waals surface area contributed by atoms with E-state index in [1.165, 1.54) is 28.8 Å². The molecule has 1 saturated heterocycles. The number of phenolic OH excluding ortho intramolecular Hbond substituents is 1. The van der Waals surface area contributed by atoms with Crippen LogP contribution in [-0.2, 0) is 4.79 Å². The molecule has 1 amide bonds. The van der Waals surface area contributed by atoms with Gasteiger partial charge in [-0.15, -0.1) is 6.58 Å². The Morgan fingerprint density at radius 1 is 1.40 bits per heavy atom. The van der Waals surface area contributed by atoms with Crippen LogP contribution in [0.4, 0.5) is 0 Å². The summed E-state index contributed by atoms with van der Waals surface area (Å²) >= 11 is 18.0. The van der Waals surface area contributed by atoms with Crippen LogP contribution in [0.25, 0.3) is 6.08 Å². The fraction of sp³-hybridized carbons (Fsp3) is 0.0769. The zero-order chi connectivity index (χ0) is 14.9. The molecule has 0 spiro atoms. The number of thiocarbonyl (C=S) groups is 1. The molecular formula is C13H9Cl2NO2S2. The highest BCUT2D eigenvalue weighted by Gasteiger charge is 2.30. The zero-order valence-corrected chi connectivity index (χ0v) is 13.2. The number of hydrogen-bond acceptors (Lipinski definition) is 4. The smallest absolute Gasteiger partial charge is 0.266 e. The van der Waals surface area contributed by atoms with Gasteiger partial charge in [-0.2, -0.15) is 0 Å². The molecule has 2 rings (SSSR count). The van der Waals surface area contributed by atoms with Crippen molar-refractivity contribution in [2.45, 2.75) is 0 Å². The molecule has 0 unspecified atom stereocenters. The molecule has 104 valence electrons. The number of carbonyl (C=O) groups excluding carboxylic acids is 1. The van der Waals surface area contributed by atoms with Crippen molar-refractivity contribution in [3.05, 3.63) is 45.3 Å². The van der Waals surface area contributed by atoms with E-state index in [2.05, 4.69) is 6.58 Å². The lowest BCUT2D eigenvalue weighted by Gasteiger charge is -2.10. The van der Waals surface area contributed by atoms with Gasteiger partial charge in [-0.1, -0.05) is 53.3 Å². The molecule has 0 aromatic heterocycles. The molecule has 1 N–H and O–H groups in total. The maximum atomic E-state index is 12.1. The molecule has 1 heterocycles. The van der Waals surface area contributed by atoms with Crippen LogP contribution in [0.5, 0.6) is 5.75 Å². The van der Waals surface area contributed by atoms with Gasteiger partial charge in [0.2, 0.25) is 0 Å². The predicted octanol–water partition coefficient (Wildman–Crippen LogP) is 4.09. The minimum absolute atomic E-state index is 0.130. The molecule has 20 heavy (non-hydrogen) atoms. The number of aromatic hydroxyl groups is 1.